The third-order valence-corrected chi connectivity index (χ3v) is 2.96. The molecule has 0 amide bonds. The minimum absolute atomic E-state index is 0.135. The Morgan fingerprint density at radius 3 is 2.73 bits per heavy atom. The van der Waals surface area contributed by atoms with Gasteiger partial charge in [0.1, 0.15) is 0 Å². The molecule has 1 aromatic carbocycles. The second-order valence-corrected chi connectivity index (χ2v) is 5.04. The van der Waals surface area contributed by atoms with Gasteiger partial charge < -0.3 is 0 Å². The van der Waals surface area contributed by atoms with Crippen molar-refractivity contribution in [3.63, 3.8) is 0 Å². The van der Waals surface area contributed by atoms with Crippen molar-refractivity contribution in [2.24, 2.45) is 5.14 Å². The van der Waals surface area contributed by atoms with Crippen LogP contribution in [0.4, 0.5) is 0 Å². The van der Waals surface area contributed by atoms with E-state index in [1.807, 2.05) is 18.2 Å². The Morgan fingerprint density at radius 1 is 1.40 bits per heavy atom. The molecule has 0 radical (unpaired) electrons. The van der Waals surface area contributed by atoms with Gasteiger partial charge in [-0.2, -0.15) is 12.6 Å². The molecule has 2 N–H and O–H groups in total. The van der Waals surface area contributed by atoms with Crippen molar-refractivity contribution in [1.82, 2.24) is 0 Å². The maximum absolute atomic E-state index is 11.1. The summed E-state index contributed by atoms with van der Waals surface area (Å²) in [6, 6.07) is 6.51. The first-order valence-electron chi connectivity index (χ1n) is 4.44. The molecule has 0 fully saturated rings. The first-order chi connectivity index (χ1) is 7.04. The second kappa shape index (κ2) is 5.34. The smallest absolute Gasteiger partial charge is 0.225 e. The zero-order valence-electron chi connectivity index (χ0n) is 8.13. The topological polar surface area (TPSA) is 60.2 Å². The molecular weight excluding hydrogens is 230 g/mol. The van der Waals surface area contributed by atoms with E-state index in [9.17, 15) is 8.42 Å². The van der Waals surface area contributed by atoms with Crippen LogP contribution < -0.4 is 5.14 Å². The zero-order valence-corrected chi connectivity index (χ0v) is 9.84. The van der Waals surface area contributed by atoms with Crippen LogP contribution in [0.5, 0.6) is 0 Å². The number of rotatable bonds is 4. The number of hydrogen-bond donors (Lipinski definition) is 2. The molecule has 0 heterocycles. The van der Waals surface area contributed by atoms with Crippen molar-refractivity contribution >= 4 is 28.7 Å². The number of thiol groups is 1. The molecule has 0 aromatic heterocycles. The summed E-state index contributed by atoms with van der Waals surface area (Å²) < 4.78 is 22.1. The maximum Gasteiger partial charge on any atom is 0.238 e. The largest absolute Gasteiger partial charge is 0.238 e. The van der Waals surface area contributed by atoms with Gasteiger partial charge in [0, 0.05) is 0 Å². The molecule has 3 nitrogen and oxygen atoms in total. The predicted octanol–water partition coefficient (Wildman–Crippen LogP) is 1.67. The molecule has 0 aliphatic rings. The third kappa shape index (κ3) is 4.07. The molecule has 0 aliphatic heterocycles. The summed E-state index contributed by atoms with van der Waals surface area (Å²) in [5, 5.41) is 5.02. The first-order valence-corrected chi connectivity index (χ1v) is 6.62. The summed E-state index contributed by atoms with van der Waals surface area (Å²) in [7, 11) is -3.60. The number of allylic oxidation sites excluding steroid dienone is 1. The number of sulfonamides is 1. The molecule has 0 saturated carbocycles. The van der Waals surface area contributed by atoms with Gasteiger partial charge in [0.25, 0.3) is 0 Å². The Hall–Kier alpha value is -0.780. The van der Waals surface area contributed by atoms with Gasteiger partial charge in [-0.3, -0.25) is 0 Å². The Bertz CT molecular complexity index is 452. The van der Waals surface area contributed by atoms with Gasteiger partial charge in [0.05, 0.1) is 4.90 Å². The minimum Gasteiger partial charge on any atom is -0.225 e. The van der Waals surface area contributed by atoms with Gasteiger partial charge in [-0.25, -0.2) is 13.6 Å². The maximum atomic E-state index is 11.1. The highest BCUT2D eigenvalue weighted by Gasteiger charge is 2.06. The van der Waals surface area contributed by atoms with Crippen LogP contribution in [0.3, 0.4) is 0 Å². The Morgan fingerprint density at radius 2 is 2.13 bits per heavy atom. The lowest BCUT2D eigenvalue weighted by molar-refractivity contribution is 0.598. The van der Waals surface area contributed by atoms with Crippen LogP contribution in [0, 0.1) is 0 Å². The van der Waals surface area contributed by atoms with Crippen molar-refractivity contribution in [3.8, 4) is 0 Å². The van der Waals surface area contributed by atoms with Crippen LogP contribution in [0.15, 0.2) is 35.2 Å². The standard InChI is InChI=1S/C10H13NO2S2/c11-15(12,13)10-6-3-5-9(8-10)4-1-2-7-14/h1,3-6,8,14H,2,7H2,(H2,11,12,13). The van der Waals surface area contributed by atoms with Crippen molar-refractivity contribution < 1.29 is 8.42 Å². The molecule has 1 rings (SSSR count). The molecular formula is C10H13NO2S2. The number of nitrogens with two attached hydrogens (primary N) is 1. The SMILES string of the molecule is NS(=O)(=O)c1cccc(C=CCCS)c1. The fourth-order valence-electron chi connectivity index (χ4n) is 1.09. The number of primary sulfonamides is 1. The normalized spacial score (nSPS) is 12.1. The van der Waals surface area contributed by atoms with Gasteiger partial charge in [-0.1, -0.05) is 24.3 Å². The molecule has 0 saturated heterocycles. The Balaban J connectivity index is 2.94. The summed E-state index contributed by atoms with van der Waals surface area (Å²) in [5.41, 5.74) is 0.823. The fraction of sp³-hybridized carbons (Fsp3) is 0.200. The molecule has 0 aliphatic carbocycles. The quantitative estimate of drug-likeness (QED) is 0.790. The average Bonchev–Trinajstić information content (AvgIpc) is 2.17. The predicted molar refractivity (Wildman–Crippen MR) is 65.3 cm³/mol. The minimum atomic E-state index is -3.60. The lowest BCUT2D eigenvalue weighted by atomic mass is 10.2. The lowest BCUT2D eigenvalue weighted by Gasteiger charge is -1.99. The third-order valence-electron chi connectivity index (χ3n) is 1.79. The molecule has 5 heteroatoms. The van der Waals surface area contributed by atoms with E-state index in [1.165, 1.54) is 6.07 Å². The molecule has 0 bridgehead atoms. The van der Waals surface area contributed by atoms with E-state index in [2.05, 4.69) is 12.6 Å². The van der Waals surface area contributed by atoms with E-state index in [-0.39, 0.29) is 4.90 Å². The Labute approximate surface area is 95.5 Å². The van der Waals surface area contributed by atoms with Crippen LogP contribution in [0.1, 0.15) is 12.0 Å². The summed E-state index contributed by atoms with van der Waals surface area (Å²) in [5.74, 6) is 0.769. The summed E-state index contributed by atoms with van der Waals surface area (Å²) in [6.07, 6.45) is 4.64. The summed E-state index contributed by atoms with van der Waals surface area (Å²) >= 11 is 4.07. The van der Waals surface area contributed by atoms with Crippen molar-refractivity contribution in [2.45, 2.75) is 11.3 Å². The van der Waals surface area contributed by atoms with E-state index in [0.29, 0.717) is 0 Å². The van der Waals surface area contributed by atoms with Crippen molar-refractivity contribution in [2.75, 3.05) is 5.75 Å². The first kappa shape index (κ1) is 12.3. The van der Waals surface area contributed by atoms with E-state index >= 15 is 0 Å². The molecule has 0 atom stereocenters. The van der Waals surface area contributed by atoms with Gasteiger partial charge in [-0.05, 0) is 29.9 Å². The van der Waals surface area contributed by atoms with Crippen LogP contribution >= 0.6 is 12.6 Å². The summed E-state index contributed by atoms with van der Waals surface area (Å²) in [6.45, 7) is 0. The highest BCUT2D eigenvalue weighted by Crippen LogP contribution is 2.11. The summed E-state index contributed by atoms with van der Waals surface area (Å²) in [4.78, 5) is 0.135. The van der Waals surface area contributed by atoms with Crippen LogP contribution in [-0.2, 0) is 10.0 Å². The second-order valence-electron chi connectivity index (χ2n) is 3.03. The highest BCUT2D eigenvalue weighted by atomic mass is 32.2. The Kier molecular flexibility index (Phi) is 4.38. The van der Waals surface area contributed by atoms with E-state index in [0.717, 1.165) is 17.7 Å². The zero-order chi connectivity index (χ0) is 11.3. The van der Waals surface area contributed by atoms with E-state index in [1.54, 1.807) is 12.1 Å². The fourth-order valence-corrected chi connectivity index (χ4v) is 1.81. The molecule has 0 unspecified atom stereocenters. The van der Waals surface area contributed by atoms with Gasteiger partial charge in [0.15, 0.2) is 0 Å². The number of hydrogen-bond acceptors (Lipinski definition) is 3. The van der Waals surface area contributed by atoms with Gasteiger partial charge >= 0.3 is 0 Å². The van der Waals surface area contributed by atoms with Crippen molar-refractivity contribution in [3.05, 3.63) is 35.9 Å². The molecule has 15 heavy (non-hydrogen) atoms. The van der Waals surface area contributed by atoms with Gasteiger partial charge in [-0.15, -0.1) is 0 Å². The molecule has 82 valence electrons. The average molecular weight is 243 g/mol. The molecule has 0 spiro atoms. The van der Waals surface area contributed by atoms with E-state index < -0.39 is 10.0 Å². The van der Waals surface area contributed by atoms with E-state index in [4.69, 9.17) is 5.14 Å². The van der Waals surface area contributed by atoms with Crippen LogP contribution in [-0.4, -0.2) is 14.2 Å². The highest BCUT2D eigenvalue weighted by molar-refractivity contribution is 7.89. The monoisotopic (exact) mass is 243 g/mol. The van der Waals surface area contributed by atoms with Crippen molar-refractivity contribution in [1.29, 1.82) is 0 Å². The van der Waals surface area contributed by atoms with Crippen LogP contribution in [0.25, 0.3) is 6.08 Å². The molecule has 1 aromatic rings. The number of benzene rings is 1. The van der Waals surface area contributed by atoms with Crippen LogP contribution in [0.2, 0.25) is 0 Å². The van der Waals surface area contributed by atoms with Gasteiger partial charge in [0.2, 0.25) is 10.0 Å². The lowest BCUT2D eigenvalue weighted by Crippen LogP contribution is -2.11.